The maximum absolute atomic E-state index is 5.50. The van der Waals surface area contributed by atoms with Gasteiger partial charge in [-0.25, -0.2) is 0 Å². The Morgan fingerprint density at radius 3 is 2.69 bits per heavy atom. The van der Waals surface area contributed by atoms with Crippen LogP contribution in [-0.2, 0) is 6.42 Å². The maximum Gasteiger partial charge on any atom is 0.233 e. The van der Waals surface area contributed by atoms with Crippen molar-refractivity contribution in [1.82, 2.24) is 10.2 Å². The van der Waals surface area contributed by atoms with E-state index in [4.69, 9.17) is 10.5 Å². The first-order valence-electron chi connectivity index (χ1n) is 4.33. The van der Waals surface area contributed by atoms with Gasteiger partial charge in [-0.05, 0) is 24.9 Å². The first kappa shape index (κ1) is 9.92. The third-order valence-corrected chi connectivity index (χ3v) is 1.86. The topological polar surface area (TPSA) is 61.0 Å². The summed E-state index contributed by atoms with van der Waals surface area (Å²) in [6.07, 6.45) is 0.869. The van der Waals surface area contributed by atoms with Crippen LogP contribution in [0.5, 0.6) is 5.88 Å². The van der Waals surface area contributed by atoms with E-state index in [-0.39, 0.29) is 0 Å². The van der Waals surface area contributed by atoms with Crippen molar-refractivity contribution in [2.75, 3.05) is 13.7 Å². The van der Waals surface area contributed by atoms with Crippen LogP contribution in [0.4, 0.5) is 0 Å². The van der Waals surface area contributed by atoms with Gasteiger partial charge in [-0.3, -0.25) is 0 Å². The van der Waals surface area contributed by atoms with Crippen molar-refractivity contribution >= 4 is 0 Å². The second kappa shape index (κ2) is 4.77. The Labute approximate surface area is 78.1 Å². The second-order valence-electron chi connectivity index (χ2n) is 3.11. The molecular weight excluding hydrogens is 166 g/mol. The summed E-state index contributed by atoms with van der Waals surface area (Å²) in [6, 6.07) is 3.73. The summed E-state index contributed by atoms with van der Waals surface area (Å²) in [7, 11) is 1.58. The Morgan fingerprint density at radius 1 is 1.46 bits per heavy atom. The summed E-state index contributed by atoms with van der Waals surface area (Å²) < 4.78 is 4.90. The van der Waals surface area contributed by atoms with E-state index in [1.807, 2.05) is 12.1 Å². The van der Waals surface area contributed by atoms with Gasteiger partial charge in [0.25, 0.3) is 0 Å². The molecule has 1 unspecified atom stereocenters. The molecule has 0 radical (unpaired) electrons. The van der Waals surface area contributed by atoms with E-state index in [0.717, 1.165) is 12.1 Å². The molecule has 0 saturated heterocycles. The van der Waals surface area contributed by atoms with Crippen LogP contribution in [0.3, 0.4) is 0 Å². The number of nitrogens with two attached hydrogens (primary N) is 1. The molecule has 2 N–H and O–H groups in total. The van der Waals surface area contributed by atoms with Crippen molar-refractivity contribution in [1.29, 1.82) is 0 Å². The molecule has 0 aliphatic rings. The number of hydrogen-bond donors (Lipinski definition) is 1. The average molecular weight is 181 g/mol. The van der Waals surface area contributed by atoms with Gasteiger partial charge in [0.05, 0.1) is 12.8 Å². The normalized spacial score (nSPS) is 12.5. The van der Waals surface area contributed by atoms with E-state index in [1.165, 1.54) is 0 Å². The minimum absolute atomic E-state index is 0.447. The van der Waals surface area contributed by atoms with Gasteiger partial charge in [0, 0.05) is 6.07 Å². The summed E-state index contributed by atoms with van der Waals surface area (Å²) in [6.45, 7) is 2.76. The zero-order valence-corrected chi connectivity index (χ0v) is 8.03. The Kier molecular flexibility index (Phi) is 3.64. The Morgan fingerprint density at radius 2 is 2.23 bits per heavy atom. The first-order valence-corrected chi connectivity index (χ1v) is 4.33. The average Bonchev–Trinajstić information content (AvgIpc) is 2.19. The van der Waals surface area contributed by atoms with Crippen LogP contribution >= 0.6 is 0 Å². The molecule has 0 aliphatic carbocycles. The summed E-state index contributed by atoms with van der Waals surface area (Å²) in [5.74, 6) is 0.992. The second-order valence-corrected chi connectivity index (χ2v) is 3.11. The van der Waals surface area contributed by atoms with Crippen molar-refractivity contribution in [2.45, 2.75) is 13.3 Å². The summed E-state index contributed by atoms with van der Waals surface area (Å²) in [5.41, 5.74) is 6.46. The van der Waals surface area contributed by atoms with Crippen LogP contribution in [0.15, 0.2) is 12.1 Å². The number of ether oxygens (including phenoxy) is 1. The molecule has 4 nitrogen and oxygen atoms in total. The third-order valence-electron chi connectivity index (χ3n) is 1.86. The molecule has 0 spiro atoms. The molecule has 0 aliphatic heterocycles. The van der Waals surface area contributed by atoms with E-state index < -0.39 is 0 Å². The van der Waals surface area contributed by atoms with E-state index in [9.17, 15) is 0 Å². The highest BCUT2D eigenvalue weighted by atomic mass is 16.5. The summed E-state index contributed by atoms with van der Waals surface area (Å²) in [4.78, 5) is 0. The highest BCUT2D eigenvalue weighted by Crippen LogP contribution is 2.07. The molecule has 0 saturated carbocycles. The monoisotopic (exact) mass is 181 g/mol. The van der Waals surface area contributed by atoms with Crippen molar-refractivity contribution < 1.29 is 4.74 Å². The molecule has 13 heavy (non-hydrogen) atoms. The lowest BCUT2D eigenvalue weighted by atomic mass is 10.1. The van der Waals surface area contributed by atoms with E-state index in [1.54, 1.807) is 7.11 Å². The van der Waals surface area contributed by atoms with E-state index in [0.29, 0.717) is 18.3 Å². The standard InChI is InChI=1S/C9H15N3O/c1-7(6-10)5-8-3-4-9(13-2)12-11-8/h3-4,7H,5-6,10H2,1-2H3. The fourth-order valence-electron chi connectivity index (χ4n) is 1.01. The number of hydrogen-bond acceptors (Lipinski definition) is 4. The molecular formula is C9H15N3O. The van der Waals surface area contributed by atoms with Crippen molar-refractivity contribution in [2.24, 2.45) is 11.7 Å². The molecule has 1 atom stereocenters. The predicted octanol–water partition coefficient (Wildman–Crippen LogP) is 0.622. The van der Waals surface area contributed by atoms with Crippen LogP contribution in [-0.4, -0.2) is 23.9 Å². The van der Waals surface area contributed by atoms with E-state index >= 15 is 0 Å². The first-order chi connectivity index (χ1) is 6.26. The van der Waals surface area contributed by atoms with Gasteiger partial charge in [-0.2, -0.15) is 5.10 Å². The Balaban J connectivity index is 2.58. The lowest BCUT2D eigenvalue weighted by molar-refractivity contribution is 0.390. The maximum atomic E-state index is 5.50. The third kappa shape index (κ3) is 2.99. The van der Waals surface area contributed by atoms with Crippen LogP contribution in [0.1, 0.15) is 12.6 Å². The quantitative estimate of drug-likeness (QED) is 0.739. The van der Waals surface area contributed by atoms with E-state index in [2.05, 4.69) is 17.1 Å². The molecule has 1 aromatic rings. The molecule has 4 heteroatoms. The number of nitrogens with zero attached hydrogens (tertiary/aromatic N) is 2. The molecule has 0 amide bonds. The number of rotatable bonds is 4. The summed E-state index contributed by atoms with van der Waals surface area (Å²) >= 11 is 0. The van der Waals surface area contributed by atoms with Crippen molar-refractivity contribution in [3.63, 3.8) is 0 Å². The molecule has 0 aromatic carbocycles. The lowest BCUT2D eigenvalue weighted by Gasteiger charge is -2.06. The van der Waals surface area contributed by atoms with Crippen LogP contribution in [0, 0.1) is 5.92 Å². The highest BCUT2D eigenvalue weighted by molar-refractivity contribution is 5.11. The fraction of sp³-hybridized carbons (Fsp3) is 0.556. The molecule has 1 rings (SSSR count). The summed E-state index contributed by atoms with van der Waals surface area (Å²) in [5, 5.41) is 7.88. The van der Waals surface area contributed by atoms with Gasteiger partial charge in [-0.1, -0.05) is 6.92 Å². The van der Waals surface area contributed by atoms with Gasteiger partial charge < -0.3 is 10.5 Å². The zero-order valence-electron chi connectivity index (χ0n) is 8.03. The zero-order chi connectivity index (χ0) is 9.68. The molecule has 0 bridgehead atoms. The highest BCUT2D eigenvalue weighted by Gasteiger charge is 2.03. The van der Waals surface area contributed by atoms with Gasteiger partial charge in [0.15, 0.2) is 0 Å². The SMILES string of the molecule is COc1ccc(CC(C)CN)nn1. The largest absolute Gasteiger partial charge is 0.480 e. The van der Waals surface area contributed by atoms with Gasteiger partial charge in [-0.15, -0.1) is 5.10 Å². The molecule has 0 fully saturated rings. The minimum atomic E-state index is 0.447. The number of methoxy groups -OCH3 is 1. The lowest BCUT2D eigenvalue weighted by Crippen LogP contribution is -2.14. The molecule has 1 heterocycles. The van der Waals surface area contributed by atoms with Gasteiger partial charge >= 0.3 is 0 Å². The molecule has 72 valence electrons. The Hall–Kier alpha value is -1.16. The predicted molar refractivity (Wildman–Crippen MR) is 50.5 cm³/mol. The number of aromatic nitrogens is 2. The molecule has 1 aromatic heterocycles. The fourth-order valence-corrected chi connectivity index (χ4v) is 1.01. The van der Waals surface area contributed by atoms with Crippen LogP contribution in [0.25, 0.3) is 0 Å². The van der Waals surface area contributed by atoms with Crippen LogP contribution < -0.4 is 10.5 Å². The van der Waals surface area contributed by atoms with Crippen LogP contribution in [0.2, 0.25) is 0 Å². The van der Waals surface area contributed by atoms with Crippen molar-refractivity contribution in [3.05, 3.63) is 17.8 Å². The Bertz CT molecular complexity index is 248. The van der Waals surface area contributed by atoms with Crippen molar-refractivity contribution in [3.8, 4) is 5.88 Å². The van der Waals surface area contributed by atoms with Gasteiger partial charge in [0.2, 0.25) is 5.88 Å². The van der Waals surface area contributed by atoms with Gasteiger partial charge in [0.1, 0.15) is 0 Å². The minimum Gasteiger partial charge on any atom is -0.480 e. The smallest absolute Gasteiger partial charge is 0.233 e.